The molecule has 0 radical (unpaired) electrons. The first-order chi connectivity index (χ1) is 14.0. The second-order valence-corrected chi connectivity index (χ2v) is 7.27. The zero-order valence-electron chi connectivity index (χ0n) is 17.0. The Morgan fingerprint density at radius 2 is 1.34 bits per heavy atom. The van der Waals surface area contributed by atoms with Gasteiger partial charge in [-0.1, -0.05) is 12.1 Å². The minimum absolute atomic E-state index is 0.176. The molecule has 0 spiro atoms. The summed E-state index contributed by atoms with van der Waals surface area (Å²) in [6.45, 7) is 0.560. The lowest BCUT2D eigenvalue weighted by Gasteiger charge is -2.27. The van der Waals surface area contributed by atoms with Crippen LogP contribution in [0.15, 0.2) is 36.4 Å². The van der Waals surface area contributed by atoms with E-state index < -0.39 is 11.7 Å². The predicted molar refractivity (Wildman–Crippen MR) is 105 cm³/mol. The van der Waals surface area contributed by atoms with Gasteiger partial charge in [-0.15, -0.1) is 0 Å². The third-order valence-electron chi connectivity index (χ3n) is 5.84. The summed E-state index contributed by atoms with van der Waals surface area (Å²) >= 11 is 0. The molecule has 4 atom stereocenters. The lowest BCUT2D eigenvalue weighted by Crippen LogP contribution is -2.39. The Bertz CT molecular complexity index is 883. The van der Waals surface area contributed by atoms with E-state index in [-0.39, 0.29) is 18.6 Å². The SMILES string of the molecule is COc1ccc([C@@H]2OC[C@@]3(O)[C@@H]2CO[C@H]3c2ccc(OC)c(OC)c2)cc1OC. The van der Waals surface area contributed by atoms with Gasteiger partial charge in [-0.05, 0) is 35.4 Å². The highest BCUT2D eigenvalue weighted by atomic mass is 16.6. The molecule has 0 amide bonds. The molecule has 156 valence electrons. The molecule has 7 heteroatoms. The van der Waals surface area contributed by atoms with Crippen molar-refractivity contribution in [3.8, 4) is 23.0 Å². The van der Waals surface area contributed by atoms with Crippen molar-refractivity contribution in [3.63, 3.8) is 0 Å². The first-order valence-corrected chi connectivity index (χ1v) is 9.45. The Labute approximate surface area is 170 Å². The van der Waals surface area contributed by atoms with Gasteiger partial charge >= 0.3 is 0 Å². The third kappa shape index (κ3) is 3.19. The minimum Gasteiger partial charge on any atom is -0.493 e. The van der Waals surface area contributed by atoms with Crippen LogP contribution in [0.5, 0.6) is 23.0 Å². The van der Waals surface area contributed by atoms with E-state index >= 15 is 0 Å². The second kappa shape index (κ2) is 7.74. The summed E-state index contributed by atoms with van der Waals surface area (Å²) in [6.07, 6.45) is -0.817. The van der Waals surface area contributed by atoms with Crippen molar-refractivity contribution in [1.82, 2.24) is 0 Å². The molecular weight excluding hydrogens is 376 g/mol. The van der Waals surface area contributed by atoms with Gasteiger partial charge in [0.2, 0.25) is 0 Å². The van der Waals surface area contributed by atoms with Crippen molar-refractivity contribution in [3.05, 3.63) is 47.5 Å². The van der Waals surface area contributed by atoms with Crippen molar-refractivity contribution in [2.45, 2.75) is 17.8 Å². The molecule has 2 aromatic carbocycles. The smallest absolute Gasteiger partial charge is 0.161 e. The summed E-state index contributed by atoms with van der Waals surface area (Å²) in [5.41, 5.74) is 0.599. The fraction of sp³-hybridized carbons (Fsp3) is 0.455. The summed E-state index contributed by atoms with van der Waals surface area (Å²) < 4.78 is 33.5. The van der Waals surface area contributed by atoms with E-state index in [2.05, 4.69) is 0 Å². The van der Waals surface area contributed by atoms with Crippen LogP contribution in [0.4, 0.5) is 0 Å². The average molecular weight is 402 g/mol. The quantitative estimate of drug-likeness (QED) is 0.796. The van der Waals surface area contributed by atoms with E-state index in [9.17, 15) is 5.11 Å². The highest BCUT2D eigenvalue weighted by molar-refractivity contribution is 5.46. The van der Waals surface area contributed by atoms with Gasteiger partial charge in [-0.3, -0.25) is 0 Å². The normalized spacial score (nSPS) is 28.1. The van der Waals surface area contributed by atoms with E-state index in [1.165, 1.54) is 0 Å². The lowest BCUT2D eigenvalue weighted by atomic mass is 9.81. The molecule has 0 aromatic heterocycles. The van der Waals surface area contributed by atoms with Crippen molar-refractivity contribution < 1.29 is 33.5 Å². The number of hydrogen-bond donors (Lipinski definition) is 1. The summed E-state index contributed by atoms with van der Waals surface area (Å²) in [7, 11) is 6.37. The van der Waals surface area contributed by atoms with Crippen LogP contribution >= 0.6 is 0 Å². The van der Waals surface area contributed by atoms with E-state index in [0.29, 0.717) is 29.6 Å². The van der Waals surface area contributed by atoms with Gasteiger partial charge in [0.15, 0.2) is 23.0 Å². The molecule has 2 aliphatic rings. The van der Waals surface area contributed by atoms with Crippen LogP contribution < -0.4 is 18.9 Å². The Morgan fingerprint density at radius 3 is 1.93 bits per heavy atom. The molecule has 7 nitrogen and oxygen atoms in total. The number of hydrogen-bond acceptors (Lipinski definition) is 7. The topological polar surface area (TPSA) is 75.6 Å². The maximum Gasteiger partial charge on any atom is 0.161 e. The molecule has 2 fully saturated rings. The fourth-order valence-electron chi connectivity index (χ4n) is 4.31. The molecule has 2 heterocycles. The molecule has 2 aliphatic heterocycles. The highest BCUT2D eigenvalue weighted by Gasteiger charge is 2.59. The molecule has 0 bridgehead atoms. The third-order valence-corrected chi connectivity index (χ3v) is 5.84. The van der Waals surface area contributed by atoms with Crippen LogP contribution in [0, 0.1) is 5.92 Å². The van der Waals surface area contributed by atoms with Crippen molar-refractivity contribution >= 4 is 0 Å². The zero-order chi connectivity index (χ0) is 20.6. The molecular formula is C22H26O7. The largest absolute Gasteiger partial charge is 0.493 e. The number of aliphatic hydroxyl groups is 1. The maximum atomic E-state index is 11.5. The van der Waals surface area contributed by atoms with Gasteiger partial charge in [0.1, 0.15) is 11.7 Å². The van der Waals surface area contributed by atoms with Gasteiger partial charge in [0.25, 0.3) is 0 Å². The van der Waals surface area contributed by atoms with Crippen LogP contribution in [0.1, 0.15) is 23.3 Å². The average Bonchev–Trinajstić information content (AvgIpc) is 3.27. The maximum absolute atomic E-state index is 11.5. The summed E-state index contributed by atoms with van der Waals surface area (Å²) in [5.74, 6) is 2.29. The predicted octanol–water partition coefficient (Wildman–Crippen LogP) is 2.91. The Balaban J connectivity index is 1.63. The Morgan fingerprint density at radius 1 is 0.793 bits per heavy atom. The van der Waals surface area contributed by atoms with Gasteiger partial charge in [0.05, 0.1) is 47.8 Å². The molecule has 0 aliphatic carbocycles. The fourth-order valence-corrected chi connectivity index (χ4v) is 4.31. The van der Waals surface area contributed by atoms with E-state index in [4.69, 9.17) is 28.4 Å². The zero-order valence-corrected chi connectivity index (χ0v) is 17.0. The molecule has 0 unspecified atom stereocenters. The van der Waals surface area contributed by atoms with Gasteiger partial charge < -0.3 is 33.5 Å². The van der Waals surface area contributed by atoms with Gasteiger partial charge in [-0.25, -0.2) is 0 Å². The van der Waals surface area contributed by atoms with E-state index in [1.54, 1.807) is 28.4 Å². The number of methoxy groups -OCH3 is 4. The second-order valence-electron chi connectivity index (χ2n) is 7.27. The number of benzene rings is 2. The van der Waals surface area contributed by atoms with Gasteiger partial charge in [-0.2, -0.15) is 0 Å². The van der Waals surface area contributed by atoms with Crippen LogP contribution in [-0.2, 0) is 9.47 Å². The molecule has 2 saturated heterocycles. The highest BCUT2D eigenvalue weighted by Crippen LogP contribution is 2.54. The molecule has 0 saturated carbocycles. The lowest BCUT2D eigenvalue weighted by molar-refractivity contribution is -0.0628. The van der Waals surface area contributed by atoms with E-state index in [1.807, 2.05) is 36.4 Å². The van der Waals surface area contributed by atoms with Crippen molar-refractivity contribution in [2.75, 3.05) is 41.7 Å². The van der Waals surface area contributed by atoms with Crippen molar-refractivity contribution in [2.24, 2.45) is 5.92 Å². The Kier molecular flexibility index (Phi) is 5.29. The number of fused-ring (bicyclic) bond motifs is 1. The van der Waals surface area contributed by atoms with Crippen LogP contribution in [-0.4, -0.2) is 52.4 Å². The Hall–Kier alpha value is -2.48. The molecule has 4 rings (SSSR count). The minimum atomic E-state index is -1.14. The number of ether oxygens (including phenoxy) is 6. The summed E-state index contributed by atoms with van der Waals surface area (Å²) in [5, 5.41) is 11.5. The standard InChI is InChI=1S/C22H26O7/c1-24-16-7-5-13(9-18(16)26-3)20-15-11-28-21(22(15,23)12-29-20)14-6-8-17(25-2)19(10-14)27-4/h5-10,15,20-21,23H,11-12H2,1-4H3/t15-,20+,21+,22-/m1/s1. The molecule has 2 aromatic rings. The molecule has 29 heavy (non-hydrogen) atoms. The van der Waals surface area contributed by atoms with Crippen LogP contribution in [0.3, 0.4) is 0 Å². The van der Waals surface area contributed by atoms with E-state index in [0.717, 1.165) is 11.1 Å². The van der Waals surface area contributed by atoms with Crippen LogP contribution in [0.2, 0.25) is 0 Å². The summed E-state index contributed by atoms with van der Waals surface area (Å²) in [6, 6.07) is 11.2. The number of rotatable bonds is 6. The van der Waals surface area contributed by atoms with Crippen molar-refractivity contribution in [1.29, 1.82) is 0 Å². The summed E-state index contributed by atoms with van der Waals surface area (Å²) in [4.78, 5) is 0. The molecule has 1 N–H and O–H groups in total. The monoisotopic (exact) mass is 402 g/mol. The van der Waals surface area contributed by atoms with Crippen LogP contribution in [0.25, 0.3) is 0 Å². The first kappa shape index (κ1) is 19.8. The first-order valence-electron chi connectivity index (χ1n) is 9.45. The van der Waals surface area contributed by atoms with Gasteiger partial charge in [0, 0.05) is 5.92 Å².